The number of aliphatic hydroxyl groups excluding tert-OH is 1. The van der Waals surface area contributed by atoms with Gasteiger partial charge < -0.3 is 14.9 Å². The number of nitrogens with zero attached hydrogens (tertiary/aromatic N) is 4. The Hall–Kier alpha value is -2.33. The molecule has 0 bridgehead atoms. The number of fused-ring (bicyclic) bond motifs is 2. The molecule has 3 aliphatic carbocycles. The van der Waals surface area contributed by atoms with E-state index in [4.69, 9.17) is 11.6 Å². The summed E-state index contributed by atoms with van der Waals surface area (Å²) < 4.78 is 42.0. The quantitative estimate of drug-likeness (QED) is 0.683. The third kappa shape index (κ3) is 3.98. The summed E-state index contributed by atoms with van der Waals surface area (Å²) in [7, 11) is 0. The normalized spacial score (nSPS) is 29.3. The number of rotatable bonds is 3. The van der Waals surface area contributed by atoms with Gasteiger partial charge in [-0.1, -0.05) is 11.6 Å². The van der Waals surface area contributed by atoms with Crippen LogP contribution in [0.4, 0.5) is 13.2 Å². The van der Waals surface area contributed by atoms with Gasteiger partial charge in [0.15, 0.2) is 5.69 Å². The highest BCUT2D eigenvalue weighted by molar-refractivity contribution is 6.36. The number of carbonyl (C=O) groups is 2. The number of amides is 2. The average molecular weight is 511 g/mol. The number of hydrogen-bond acceptors (Lipinski definition) is 4. The van der Waals surface area contributed by atoms with Crippen molar-refractivity contribution in [2.24, 2.45) is 11.8 Å². The van der Waals surface area contributed by atoms with Crippen molar-refractivity contribution in [3.05, 3.63) is 34.1 Å². The predicted molar refractivity (Wildman–Crippen MR) is 120 cm³/mol. The van der Waals surface area contributed by atoms with Crippen molar-refractivity contribution in [1.29, 1.82) is 0 Å². The summed E-state index contributed by atoms with van der Waals surface area (Å²) in [5.41, 5.74) is -0.633. The van der Waals surface area contributed by atoms with Crippen LogP contribution in [0.5, 0.6) is 0 Å². The van der Waals surface area contributed by atoms with Gasteiger partial charge in [0.25, 0.3) is 5.91 Å². The lowest BCUT2D eigenvalue weighted by atomic mass is 10.0. The average Bonchev–Trinajstić information content (AvgIpc) is 3.38. The lowest BCUT2D eigenvalue weighted by molar-refractivity contribution is -0.142. The summed E-state index contributed by atoms with van der Waals surface area (Å²) in [4.78, 5) is 29.3. The lowest BCUT2D eigenvalue weighted by Gasteiger charge is -2.38. The standard InChI is InChI=1S/C24H26ClF3N4O3/c25-21-18-9-15(12-1-2-12)10-19(24(26,27)28)32(18)29-22(21)23(35)30-3-4-31(20(34)11-30)16-5-13-7-17(33)8-14(13)6-16/h9-10,12-14,16-17,33H,1-8,11H2. The Kier molecular flexibility index (Phi) is 5.34. The zero-order chi connectivity index (χ0) is 24.6. The number of alkyl halides is 3. The summed E-state index contributed by atoms with van der Waals surface area (Å²) in [5.74, 6) is 0.113. The minimum atomic E-state index is -4.66. The predicted octanol–water partition coefficient (Wildman–Crippen LogP) is 3.72. The highest BCUT2D eigenvalue weighted by atomic mass is 35.5. The van der Waals surface area contributed by atoms with Crippen LogP contribution in [-0.2, 0) is 11.0 Å². The fourth-order valence-electron chi connectivity index (χ4n) is 6.33. The molecule has 2 unspecified atom stereocenters. The first kappa shape index (κ1) is 23.1. The molecule has 3 heterocycles. The largest absolute Gasteiger partial charge is 0.433 e. The summed E-state index contributed by atoms with van der Waals surface area (Å²) in [5, 5.41) is 13.7. The number of aromatic nitrogens is 2. The van der Waals surface area contributed by atoms with E-state index in [2.05, 4.69) is 5.10 Å². The van der Waals surface area contributed by atoms with Gasteiger partial charge in [0.1, 0.15) is 12.2 Å². The van der Waals surface area contributed by atoms with Crippen molar-refractivity contribution in [3.8, 4) is 0 Å². The number of carbonyl (C=O) groups excluding carboxylic acids is 2. The first-order chi connectivity index (χ1) is 16.6. The Morgan fingerprint density at radius 2 is 1.77 bits per heavy atom. The Bertz CT molecular complexity index is 1200. The van der Waals surface area contributed by atoms with Crippen molar-refractivity contribution in [2.45, 2.75) is 62.8 Å². The summed E-state index contributed by atoms with van der Waals surface area (Å²) in [6.45, 7) is 0.474. The number of hydrogen-bond donors (Lipinski definition) is 1. The number of aliphatic hydroxyl groups is 1. The maximum absolute atomic E-state index is 13.8. The molecule has 0 aromatic carbocycles. The summed E-state index contributed by atoms with van der Waals surface area (Å²) >= 11 is 6.41. The maximum atomic E-state index is 13.8. The molecule has 6 rings (SSSR count). The second kappa shape index (κ2) is 8.09. The minimum absolute atomic E-state index is 0.0522. The van der Waals surface area contributed by atoms with Crippen LogP contribution in [0, 0.1) is 11.8 Å². The zero-order valence-corrected chi connectivity index (χ0v) is 19.7. The van der Waals surface area contributed by atoms with Crippen LogP contribution in [-0.4, -0.2) is 68.1 Å². The molecular formula is C24H26ClF3N4O3. The minimum Gasteiger partial charge on any atom is -0.393 e. The van der Waals surface area contributed by atoms with Gasteiger partial charge >= 0.3 is 6.18 Å². The van der Waals surface area contributed by atoms with Crippen LogP contribution >= 0.6 is 11.6 Å². The van der Waals surface area contributed by atoms with Crippen LogP contribution in [0.2, 0.25) is 5.02 Å². The zero-order valence-electron chi connectivity index (χ0n) is 19.0. The van der Waals surface area contributed by atoms with Crippen LogP contribution in [0.15, 0.2) is 12.1 Å². The Morgan fingerprint density at radius 1 is 1.09 bits per heavy atom. The monoisotopic (exact) mass is 510 g/mol. The second-order valence-electron chi connectivity index (χ2n) is 10.5. The van der Waals surface area contributed by atoms with Crippen molar-refractivity contribution in [1.82, 2.24) is 19.4 Å². The Labute approximate surface area is 204 Å². The van der Waals surface area contributed by atoms with Crippen molar-refractivity contribution >= 4 is 28.9 Å². The van der Waals surface area contributed by atoms with Crippen LogP contribution < -0.4 is 0 Å². The van der Waals surface area contributed by atoms with E-state index in [9.17, 15) is 27.9 Å². The fraction of sp³-hybridized carbons (Fsp3) is 0.625. The van der Waals surface area contributed by atoms with Gasteiger partial charge in [-0.25, -0.2) is 4.52 Å². The first-order valence-corrected chi connectivity index (χ1v) is 12.5. The number of piperazine rings is 1. The highest BCUT2D eigenvalue weighted by Crippen LogP contribution is 2.46. The van der Waals surface area contributed by atoms with Crippen molar-refractivity contribution < 1.29 is 27.9 Å². The Balaban J connectivity index is 1.22. The van der Waals surface area contributed by atoms with Gasteiger partial charge in [0.2, 0.25) is 5.91 Å². The van der Waals surface area contributed by atoms with E-state index < -0.39 is 17.8 Å². The molecule has 188 valence electrons. The van der Waals surface area contributed by atoms with Crippen LogP contribution in [0.1, 0.15) is 66.2 Å². The van der Waals surface area contributed by atoms with Crippen molar-refractivity contribution in [2.75, 3.05) is 19.6 Å². The molecule has 2 aromatic rings. The number of pyridine rings is 1. The molecule has 2 amide bonds. The maximum Gasteiger partial charge on any atom is 0.433 e. The van der Waals surface area contributed by atoms with Gasteiger partial charge in [0.05, 0.1) is 16.6 Å². The van der Waals surface area contributed by atoms with Gasteiger partial charge in [-0.3, -0.25) is 9.59 Å². The molecule has 4 fully saturated rings. The first-order valence-electron chi connectivity index (χ1n) is 12.2. The third-order valence-corrected chi connectivity index (χ3v) is 8.56. The smallest absolute Gasteiger partial charge is 0.393 e. The van der Waals surface area contributed by atoms with Gasteiger partial charge in [-0.2, -0.15) is 18.3 Å². The topological polar surface area (TPSA) is 78.2 Å². The lowest BCUT2D eigenvalue weighted by Crippen LogP contribution is -2.55. The van der Waals surface area contributed by atoms with E-state index in [-0.39, 0.29) is 53.3 Å². The fourth-order valence-corrected chi connectivity index (χ4v) is 6.59. The molecular weight excluding hydrogens is 485 g/mol. The summed E-state index contributed by atoms with van der Waals surface area (Å²) in [6.07, 6.45) is 0.0266. The van der Waals surface area contributed by atoms with E-state index in [1.54, 1.807) is 6.07 Å². The Morgan fingerprint density at radius 3 is 2.37 bits per heavy atom. The molecule has 2 aromatic heterocycles. The van der Waals surface area contributed by atoms with E-state index in [0.717, 1.165) is 44.6 Å². The van der Waals surface area contributed by atoms with E-state index in [1.807, 2.05) is 4.90 Å². The molecule has 7 nitrogen and oxygen atoms in total. The SMILES string of the molecule is O=C(c1nn2c(C(F)(F)F)cc(C3CC3)cc2c1Cl)N1CCN(C2CC3CC(O)CC3C2)C(=O)C1. The van der Waals surface area contributed by atoms with Gasteiger partial charge in [-0.05, 0) is 74.0 Å². The molecule has 2 atom stereocenters. The molecule has 1 N–H and O–H groups in total. The molecule has 1 aliphatic heterocycles. The van der Waals surface area contributed by atoms with Crippen molar-refractivity contribution in [3.63, 3.8) is 0 Å². The van der Waals surface area contributed by atoms with Gasteiger partial charge in [0, 0.05) is 19.1 Å². The molecule has 0 radical (unpaired) electrons. The molecule has 35 heavy (non-hydrogen) atoms. The van der Waals surface area contributed by atoms with E-state index in [0.29, 0.717) is 28.5 Å². The summed E-state index contributed by atoms with van der Waals surface area (Å²) in [6, 6.07) is 2.77. The van der Waals surface area contributed by atoms with Gasteiger partial charge in [-0.15, -0.1) is 0 Å². The molecule has 11 heteroatoms. The van der Waals surface area contributed by atoms with E-state index >= 15 is 0 Å². The highest BCUT2D eigenvalue weighted by Gasteiger charge is 2.45. The second-order valence-corrected chi connectivity index (χ2v) is 10.9. The molecule has 3 saturated carbocycles. The molecule has 1 saturated heterocycles. The van der Waals surface area contributed by atoms with E-state index in [1.165, 1.54) is 4.90 Å². The van der Waals surface area contributed by atoms with Crippen LogP contribution in [0.25, 0.3) is 5.52 Å². The third-order valence-electron chi connectivity index (χ3n) is 8.19. The number of halogens is 4. The molecule has 4 aliphatic rings. The van der Waals surface area contributed by atoms with Crippen LogP contribution in [0.3, 0.4) is 0 Å². The molecule has 0 spiro atoms.